The van der Waals surface area contributed by atoms with E-state index in [1.54, 1.807) is 0 Å². The summed E-state index contributed by atoms with van der Waals surface area (Å²) in [6.07, 6.45) is 5.45. The Morgan fingerprint density at radius 3 is 2.50 bits per heavy atom. The van der Waals surface area contributed by atoms with Crippen LogP contribution in [-0.4, -0.2) is 41.4 Å². The van der Waals surface area contributed by atoms with E-state index in [2.05, 4.69) is 10.6 Å². The Morgan fingerprint density at radius 2 is 1.95 bits per heavy atom. The Bertz CT molecular complexity index is 402. The summed E-state index contributed by atoms with van der Waals surface area (Å²) in [7, 11) is 0. The van der Waals surface area contributed by atoms with Gasteiger partial charge in [-0.05, 0) is 18.8 Å². The average Bonchev–Trinajstić information content (AvgIpc) is 2.68. The van der Waals surface area contributed by atoms with Crippen LogP contribution >= 0.6 is 0 Å². The standard InChI is InChI=1S/C14H23N3O3/c1-9(2)12-13(19)17(14(20)16-12)8-11(18)15-10-6-4-3-5-7-10/h9-10,12H,3-8H2,1-2H3,(H,15,18)(H,16,20). The molecule has 2 aliphatic rings. The van der Waals surface area contributed by atoms with Crippen LogP contribution in [0, 0.1) is 5.92 Å². The smallest absolute Gasteiger partial charge is 0.325 e. The summed E-state index contributed by atoms with van der Waals surface area (Å²) < 4.78 is 0. The fraction of sp³-hybridized carbons (Fsp3) is 0.786. The van der Waals surface area contributed by atoms with Crippen molar-refractivity contribution in [3.63, 3.8) is 0 Å². The van der Waals surface area contributed by atoms with Crippen molar-refractivity contribution in [3.05, 3.63) is 0 Å². The molecule has 0 spiro atoms. The molecule has 0 aromatic heterocycles. The summed E-state index contributed by atoms with van der Waals surface area (Å²) in [5.41, 5.74) is 0. The van der Waals surface area contributed by atoms with Crippen LogP contribution in [0.15, 0.2) is 0 Å². The number of rotatable bonds is 4. The summed E-state index contributed by atoms with van der Waals surface area (Å²) in [5, 5.41) is 5.54. The number of hydrogen-bond acceptors (Lipinski definition) is 3. The van der Waals surface area contributed by atoms with Gasteiger partial charge < -0.3 is 10.6 Å². The molecule has 1 saturated carbocycles. The number of nitrogens with zero attached hydrogens (tertiary/aromatic N) is 1. The molecule has 2 N–H and O–H groups in total. The molecule has 1 aliphatic carbocycles. The first-order valence-corrected chi connectivity index (χ1v) is 7.40. The highest BCUT2D eigenvalue weighted by Crippen LogP contribution is 2.18. The zero-order chi connectivity index (χ0) is 14.7. The van der Waals surface area contributed by atoms with Gasteiger partial charge in [-0.3, -0.25) is 14.5 Å². The summed E-state index contributed by atoms with van der Waals surface area (Å²) in [6, 6.07) is -0.782. The molecule has 2 rings (SSSR count). The molecule has 1 unspecified atom stereocenters. The number of nitrogens with one attached hydrogen (secondary N) is 2. The third-order valence-electron chi connectivity index (χ3n) is 3.99. The minimum atomic E-state index is -0.509. The molecule has 2 fully saturated rings. The van der Waals surface area contributed by atoms with Crippen molar-refractivity contribution < 1.29 is 14.4 Å². The van der Waals surface area contributed by atoms with Crippen molar-refractivity contribution in [3.8, 4) is 0 Å². The number of hydrogen-bond donors (Lipinski definition) is 2. The molecular weight excluding hydrogens is 258 g/mol. The van der Waals surface area contributed by atoms with E-state index in [-0.39, 0.29) is 30.3 Å². The highest BCUT2D eigenvalue weighted by atomic mass is 16.2. The van der Waals surface area contributed by atoms with Gasteiger partial charge in [0.25, 0.3) is 5.91 Å². The van der Waals surface area contributed by atoms with Gasteiger partial charge in [0.2, 0.25) is 5.91 Å². The number of amides is 4. The summed E-state index contributed by atoms with van der Waals surface area (Å²) >= 11 is 0. The van der Waals surface area contributed by atoms with E-state index in [1.807, 2.05) is 13.8 Å². The maximum atomic E-state index is 12.0. The van der Waals surface area contributed by atoms with Gasteiger partial charge in [0.05, 0.1) is 0 Å². The lowest BCUT2D eigenvalue weighted by Crippen LogP contribution is -2.45. The molecule has 1 saturated heterocycles. The van der Waals surface area contributed by atoms with Gasteiger partial charge in [0.15, 0.2) is 0 Å². The van der Waals surface area contributed by atoms with Crippen molar-refractivity contribution in [2.24, 2.45) is 5.92 Å². The largest absolute Gasteiger partial charge is 0.352 e. The molecule has 6 heteroatoms. The maximum Gasteiger partial charge on any atom is 0.325 e. The molecule has 4 amide bonds. The summed E-state index contributed by atoms with van der Waals surface area (Å²) in [6.45, 7) is 3.56. The van der Waals surface area contributed by atoms with Gasteiger partial charge in [0, 0.05) is 6.04 Å². The topological polar surface area (TPSA) is 78.5 Å². The monoisotopic (exact) mass is 281 g/mol. The zero-order valence-electron chi connectivity index (χ0n) is 12.1. The van der Waals surface area contributed by atoms with Crippen LogP contribution in [0.5, 0.6) is 0 Å². The lowest BCUT2D eigenvalue weighted by Gasteiger charge is -2.23. The summed E-state index contributed by atoms with van der Waals surface area (Å²) in [4.78, 5) is 36.8. The van der Waals surface area contributed by atoms with E-state index < -0.39 is 12.1 Å². The number of carbonyl (C=O) groups excluding carboxylic acids is 3. The molecule has 20 heavy (non-hydrogen) atoms. The number of imide groups is 1. The third-order valence-corrected chi connectivity index (χ3v) is 3.99. The first-order chi connectivity index (χ1) is 9.49. The molecule has 0 aromatic rings. The molecule has 0 bridgehead atoms. The second kappa shape index (κ2) is 6.24. The lowest BCUT2D eigenvalue weighted by atomic mass is 9.95. The minimum Gasteiger partial charge on any atom is -0.352 e. The minimum absolute atomic E-state index is 0.0258. The quantitative estimate of drug-likeness (QED) is 0.755. The Kier molecular flexibility index (Phi) is 4.62. The van der Waals surface area contributed by atoms with E-state index >= 15 is 0 Å². The highest BCUT2D eigenvalue weighted by molar-refractivity contribution is 6.06. The summed E-state index contributed by atoms with van der Waals surface area (Å²) in [5.74, 6) is -0.522. The van der Waals surface area contributed by atoms with E-state index in [9.17, 15) is 14.4 Å². The maximum absolute atomic E-state index is 12.0. The first-order valence-electron chi connectivity index (χ1n) is 7.40. The average molecular weight is 281 g/mol. The van der Waals surface area contributed by atoms with Gasteiger partial charge >= 0.3 is 6.03 Å². The van der Waals surface area contributed by atoms with Crippen LogP contribution < -0.4 is 10.6 Å². The van der Waals surface area contributed by atoms with Gasteiger partial charge in [-0.25, -0.2) is 4.79 Å². The van der Waals surface area contributed by atoms with Crippen molar-refractivity contribution in [1.82, 2.24) is 15.5 Å². The Morgan fingerprint density at radius 1 is 1.30 bits per heavy atom. The van der Waals surface area contributed by atoms with Crippen molar-refractivity contribution in [1.29, 1.82) is 0 Å². The van der Waals surface area contributed by atoms with Crippen molar-refractivity contribution >= 4 is 17.8 Å². The molecule has 112 valence electrons. The van der Waals surface area contributed by atoms with Gasteiger partial charge in [0.1, 0.15) is 12.6 Å². The van der Waals surface area contributed by atoms with Gasteiger partial charge in [-0.2, -0.15) is 0 Å². The molecule has 1 aliphatic heterocycles. The van der Waals surface area contributed by atoms with Crippen LogP contribution in [0.3, 0.4) is 0 Å². The Labute approximate surface area is 119 Å². The first kappa shape index (κ1) is 14.8. The lowest BCUT2D eigenvalue weighted by molar-refractivity contribution is -0.133. The normalized spacial score (nSPS) is 24.1. The van der Waals surface area contributed by atoms with Gasteiger partial charge in [-0.15, -0.1) is 0 Å². The van der Waals surface area contributed by atoms with Crippen LogP contribution in [0.1, 0.15) is 46.0 Å². The number of urea groups is 1. The fourth-order valence-corrected chi connectivity index (χ4v) is 2.81. The van der Waals surface area contributed by atoms with Crippen LogP contribution in [0.2, 0.25) is 0 Å². The number of carbonyl (C=O) groups is 3. The SMILES string of the molecule is CC(C)C1NC(=O)N(CC(=O)NC2CCCCC2)C1=O. The van der Waals surface area contributed by atoms with E-state index in [4.69, 9.17) is 0 Å². The van der Waals surface area contributed by atoms with E-state index in [0.29, 0.717) is 0 Å². The van der Waals surface area contributed by atoms with Crippen LogP contribution in [0.25, 0.3) is 0 Å². The zero-order valence-corrected chi connectivity index (χ0v) is 12.1. The molecule has 1 heterocycles. The van der Waals surface area contributed by atoms with Crippen molar-refractivity contribution in [2.75, 3.05) is 6.54 Å². The second-order valence-electron chi connectivity index (χ2n) is 6.00. The molecule has 0 aromatic carbocycles. The Balaban J connectivity index is 1.87. The molecule has 6 nitrogen and oxygen atoms in total. The second-order valence-corrected chi connectivity index (χ2v) is 6.00. The molecular formula is C14H23N3O3. The highest BCUT2D eigenvalue weighted by Gasteiger charge is 2.40. The van der Waals surface area contributed by atoms with Crippen molar-refractivity contribution in [2.45, 2.75) is 58.0 Å². The predicted molar refractivity (Wildman–Crippen MR) is 73.9 cm³/mol. The molecule has 0 radical (unpaired) electrons. The Hall–Kier alpha value is -1.59. The predicted octanol–water partition coefficient (Wildman–Crippen LogP) is 1.01. The van der Waals surface area contributed by atoms with Crippen LogP contribution in [0.4, 0.5) is 4.79 Å². The van der Waals surface area contributed by atoms with E-state index in [0.717, 1.165) is 30.6 Å². The van der Waals surface area contributed by atoms with Gasteiger partial charge in [-0.1, -0.05) is 33.1 Å². The van der Waals surface area contributed by atoms with Crippen LogP contribution in [-0.2, 0) is 9.59 Å². The molecule has 1 atom stereocenters. The third kappa shape index (κ3) is 3.29. The van der Waals surface area contributed by atoms with E-state index in [1.165, 1.54) is 6.42 Å². The fourth-order valence-electron chi connectivity index (χ4n) is 2.81.